The predicted molar refractivity (Wildman–Crippen MR) is 178 cm³/mol. The lowest BCUT2D eigenvalue weighted by Crippen LogP contribution is -2.46. The number of hydrogen-bond donors (Lipinski definition) is 1. The van der Waals surface area contributed by atoms with Crippen LogP contribution in [0.25, 0.3) is 33.4 Å². The largest absolute Gasteiger partial charge is 0.545 e. The van der Waals surface area contributed by atoms with Crippen LogP contribution in [0.2, 0.25) is 6.04 Å². The summed E-state index contributed by atoms with van der Waals surface area (Å²) in [6, 6.07) is 13.4. The van der Waals surface area contributed by atoms with E-state index < -0.39 is 20.9 Å². The van der Waals surface area contributed by atoms with Crippen molar-refractivity contribution in [3.8, 4) is 28.2 Å². The molecule has 4 rings (SSSR count). The molecule has 2 aliphatic rings. The van der Waals surface area contributed by atoms with E-state index in [0.29, 0.717) is 79.4 Å². The first kappa shape index (κ1) is 33.3. The molecule has 1 amide bonds. The second-order valence-electron chi connectivity index (χ2n) is 9.22. The monoisotopic (exact) mass is 830 g/mol. The lowest BCUT2D eigenvalue weighted by molar-refractivity contribution is -0.254. The van der Waals surface area contributed by atoms with E-state index in [4.69, 9.17) is 22.4 Å². The number of benzene rings is 3. The maximum absolute atomic E-state index is 12.8. The van der Waals surface area contributed by atoms with Crippen LogP contribution in [0.1, 0.15) is 37.6 Å². The zero-order valence-electron chi connectivity index (χ0n) is 23.8. The van der Waals surface area contributed by atoms with E-state index in [1.807, 2.05) is 66.0 Å². The Labute approximate surface area is 277 Å². The van der Waals surface area contributed by atoms with Crippen LogP contribution in [0.15, 0.2) is 57.7 Å². The first-order chi connectivity index (χ1) is 20.7. The van der Waals surface area contributed by atoms with Crippen LogP contribution in [-0.2, 0) is 13.3 Å². The van der Waals surface area contributed by atoms with E-state index in [9.17, 15) is 19.5 Å². The number of amides is 1. The number of hydrogen-bond acceptors (Lipinski definition) is 9. The molecule has 1 heterocycles. The van der Waals surface area contributed by atoms with E-state index in [1.165, 1.54) is 12.1 Å². The minimum Gasteiger partial charge on any atom is -0.545 e. The molecule has 0 atom stereocenters. The Morgan fingerprint density at radius 2 is 1.58 bits per heavy atom. The van der Waals surface area contributed by atoms with E-state index in [0.717, 1.165) is 0 Å². The molecule has 0 radical (unpaired) electrons. The van der Waals surface area contributed by atoms with Crippen molar-refractivity contribution in [3.63, 3.8) is 0 Å². The zero-order valence-corrected chi connectivity index (χ0v) is 29.1. The van der Waals surface area contributed by atoms with Crippen molar-refractivity contribution in [2.24, 2.45) is 0 Å². The van der Waals surface area contributed by atoms with Crippen LogP contribution in [0.4, 0.5) is 4.79 Å². The zero-order chi connectivity index (χ0) is 31.1. The highest BCUT2D eigenvalue weighted by Crippen LogP contribution is 2.45. The van der Waals surface area contributed by atoms with Gasteiger partial charge in [0.05, 0.1) is 9.54 Å². The van der Waals surface area contributed by atoms with Gasteiger partial charge in [-0.15, -0.1) is 0 Å². The molecule has 2 aromatic carbocycles. The molecule has 0 saturated heterocycles. The average Bonchev–Trinajstić information content (AvgIpc) is 2.98. The SMILES string of the molecule is CCO[Si](CCCNC(=O)Oc1ccc2c(-c3ccccc3C(=O)[O-])c3ccc(=O)c(I)c-3oc2c1I)(OCC)OCC. The van der Waals surface area contributed by atoms with Gasteiger partial charge < -0.3 is 37.6 Å². The Morgan fingerprint density at radius 1 is 0.907 bits per heavy atom. The summed E-state index contributed by atoms with van der Waals surface area (Å²) in [7, 11) is -2.83. The lowest BCUT2D eigenvalue weighted by Gasteiger charge is -2.28. The number of rotatable bonds is 13. The quantitative estimate of drug-likeness (QED) is 0.0784. The van der Waals surface area contributed by atoms with Gasteiger partial charge in [-0.05, 0) is 102 Å². The highest BCUT2D eigenvalue weighted by Gasteiger charge is 2.39. The standard InChI is InChI=1S/C30H31I2NO9Si/c1-4-38-43(39-5-2,40-6-3)17-9-16-33-30(37)41-23-15-13-21-24(18-10-7-8-11-19(18)29(35)36)20-12-14-22(34)25(31)27(20)42-28(21)26(23)32/h7-8,10-15H,4-6,9,16-17H2,1-3H3,(H,33,37)(H,35,36)/p-1. The number of carbonyl (C=O) groups is 2. The third-order valence-electron chi connectivity index (χ3n) is 6.51. The second kappa shape index (κ2) is 14.9. The molecule has 1 aliphatic heterocycles. The molecule has 43 heavy (non-hydrogen) atoms. The fourth-order valence-corrected chi connectivity index (χ4v) is 8.68. The van der Waals surface area contributed by atoms with Crippen LogP contribution in [-0.4, -0.2) is 47.2 Å². The molecule has 1 N–H and O–H groups in total. The van der Waals surface area contributed by atoms with Crippen molar-refractivity contribution in [2.75, 3.05) is 26.4 Å². The molecule has 0 aromatic heterocycles. The smallest absolute Gasteiger partial charge is 0.500 e. The topological polar surface area (TPSA) is 136 Å². The number of aromatic carboxylic acids is 1. The Morgan fingerprint density at radius 3 is 2.23 bits per heavy atom. The van der Waals surface area contributed by atoms with Crippen LogP contribution < -0.4 is 20.6 Å². The molecule has 10 nitrogen and oxygen atoms in total. The molecule has 0 spiro atoms. The van der Waals surface area contributed by atoms with Gasteiger partial charge in [-0.1, -0.05) is 24.3 Å². The van der Waals surface area contributed by atoms with Crippen LogP contribution in [0, 0.1) is 7.14 Å². The number of carbonyl (C=O) groups excluding carboxylic acids is 2. The van der Waals surface area contributed by atoms with Gasteiger partial charge in [-0.25, -0.2) is 4.79 Å². The van der Waals surface area contributed by atoms with Crippen molar-refractivity contribution in [2.45, 2.75) is 33.2 Å². The molecule has 13 heteroatoms. The Hall–Kier alpha value is -2.57. The Kier molecular flexibility index (Phi) is 11.6. The molecular formula is C30H30I2NO9Si-. The van der Waals surface area contributed by atoms with E-state index in [-0.39, 0.29) is 16.7 Å². The average molecular weight is 830 g/mol. The fourth-order valence-electron chi connectivity index (χ4n) is 4.80. The van der Waals surface area contributed by atoms with Gasteiger partial charge in [0.25, 0.3) is 0 Å². The van der Waals surface area contributed by atoms with Crippen LogP contribution in [0.5, 0.6) is 5.75 Å². The van der Waals surface area contributed by atoms with Crippen LogP contribution >= 0.6 is 45.2 Å². The minimum absolute atomic E-state index is 0.00249. The molecule has 0 bridgehead atoms. The second-order valence-corrected chi connectivity index (χ2v) is 14.1. The van der Waals surface area contributed by atoms with Gasteiger partial charge in [0.2, 0.25) is 0 Å². The lowest BCUT2D eigenvalue weighted by atomic mass is 9.91. The maximum Gasteiger partial charge on any atom is 0.500 e. The van der Waals surface area contributed by atoms with Crippen molar-refractivity contribution in [1.82, 2.24) is 5.32 Å². The van der Waals surface area contributed by atoms with Gasteiger partial charge in [0.15, 0.2) is 16.8 Å². The molecule has 1 aliphatic carbocycles. The molecule has 228 valence electrons. The molecular weight excluding hydrogens is 800 g/mol. The van der Waals surface area contributed by atoms with Gasteiger partial charge in [0, 0.05) is 54.5 Å². The van der Waals surface area contributed by atoms with E-state index in [1.54, 1.807) is 36.4 Å². The number of carboxylic acids is 1. The first-order valence-corrected chi connectivity index (χ1v) is 17.8. The number of ether oxygens (including phenoxy) is 1. The first-order valence-electron chi connectivity index (χ1n) is 13.7. The van der Waals surface area contributed by atoms with Gasteiger partial charge >= 0.3 is 14.9 Å². The highest BCUT2D eigenvalue weighted by molar-refractivity contribution is 14.1. The molecule has 0 fully saturated rings. The number of carboxylic acid groups (broad SMARTS) is 1. The van der Waals surface area contributed by atoms with Gasteiger partial charge in [-0.2, -0.15) is 0 Å². The van der Waals surface area contributed by atoms with Crippen molar-refractivity contribution >= 4 is 77.0 Å². The summed E-state index contributed by atoms with van der Waals surface area (Å²) in [5.41, 5.74) is 1.65. The van der Waals surface area contributed by atoms with Gasteiger partial charge in [-0.3, -0.25) is 4.79 Å². The molecule has 0 saturated carbocycles. The molecule has 2 aromatic rings. The summed E-state index contributed by atoms with van der Waals surface area (Å²) in [5.74, 6) is -0.792. The fraction of sp³-hybridized carbons (Fsp3) is 0.300. The summed E-state index contributed by atoms with van der Waals surface area (Å²) >= 11 is 3.93. The van der Waals surface area contributed by atoms with Gasteiger partial charge in [0.1, 0.15) is 9.32 Å². The predicted octanol–water partition coefficient (Wildman–Crippen LogP) is 5.66. The summed E-state index contributed by atoms with van der Waals surface area (Å²) in [5, 5.41) is 15.4. The Bertz CT molecular complexity index is 1640. The highest BCUT2D eigenvalue weighted by atomic mass is 127. The van der Waals surface area contributed by atoms with Crippen molar-refractivity contribution in [3.05, 3.63) is 71.5 Å². The minimum atomic E-state index is -2.83. The Balaban J connectivity index is 1.65. The summed E-state index contributed by atoms with van der Waals surface area (Å²) in [4.78, 5) is 37.3. The van der Waals surface area contributed by atoms with E-state index in [2.05, 4.69) is 5.32 Å². The normalized spacial score (nSPS) is 11.7. The van der Waals surface area contributed by atoms with E-state index >= 15 is 0 Å². The number of nitrogens with one attached hydrogen (secondary N) is 1. The third kappa shape index (κ3) is 7.39. The summed E-state index contributed by atoms with van der Waals surface area (Å²) in [6.45, 7) is 7.40. The third-order valence-corrected chi connectivity index (χ3v) is 11.7. The van der Waals surface area contributed by atoms with Crippen molar-refractivity contribution in [1.29, 1.82) is 0 Å². The number of fused-ring (bicyclic) bond motifs is 2. The van der Waals surface area contributed by atoms with Crippen molar-refractivity contribution < 1.29 is 37.1 Å². The summed E-state index contributed by atoms with van der Waals surface area (Å²) in [6.07, 6.45) is -0.0947. The molecule has 0 unspecified atom stereocenters. The van der Waals surface area contributed by atoms with Crippen LogP contribution in [0.3, 0.4) is 0 Å². The maximum atomic E-state index is 12.8. The number of halogens is 2. The summed E-state index contributed by atoms with van der Waals surface area (Å²) < 4.78 is 30.3.